The highest BCUT2D eigenvalue weighted by molar-refractivity contribution is 5.76. The molecule has 0 saturated carbocycles. The Bertz CT molecular complexity index is 458. The van der Waals surface area contributed by atoms with E-state index in [0.29, 0.717) is 0 Å². The van der Waals surface area contributed by atoms with Gasteiger partial charge in [0.05, 0.1) is 17.8 Å². The van der Waals surface area contributed by atoms with Gasteiger partial charge in [-0.25, -0.2) is 4.79 Å². The van der Waals surface area contributed by atoms with Crippen molar-refractivity contribution in [1.29, 1.82) is 0 Å². The van der Waals surface area contributed by atoms with Crippen LogP contribution in [0.15, 0.2) is 18.2 Å². The molecule has 0 fully saturated rings. The van der Waals surface area contributed by atoms with E-state index >= 15 is 0 Å². The number of aliphatic hydroxyl groups is 1. The molecule has 0 saturated heterocycles. The third-order valence-corrected chi connectivity index (χ3v) is 1.92. The second kappa shape index (κ2) is 5.37. The summed E-state index contributed by atoms with van der Waals surface area (Å²) in [6.45, 7) is 1.69. The van der Waals surface area contributed by atoms with E-state index < -0.39 is 24.9 Å². The molecule has 0 aromatic heterocycles. The minimum atomic E-state index is -2.75. The standard InChI is InChI=1S/C11H14O5/c1-3-16-11(14)10(13)7-4-5-8(12)9(6-7)15-2/h4-6,10,12-13H,3H2,1-2H3/i2D3. The Balaban J connectivity index is 2.98. The van der Waals surface area contributed by atoms with Crippen molar-refractivity contribution in [3.63, 3.8) is 0 Å². The monoisotopic (exact) mass is 229 g/mol. The average molecular weight is 229 g/mol. The normalized spacial score (nSPS) is 15.5. The predicted octanol–water partition coefficient (Wildman–Crippen LogP) is 0.997. The highest BCUT2D eigenvalue weighted by atomic mass is 16.5. The molecule has 0 aliphatic heterocycles. The first-order chi connectivity index (χ1) is 8.74. The topological polar surface area (TPSA) is 76.0 Å². The van der Waals surface area contributed by atoms with Crippen LogP contribution in [0.3, 0.4) is 0 Å². The van der Waals surface area contributed by atoms with Crippen LogP contribution in [0.5, 0.6) is 11.5 Å². The van der Waals surface area contributed by atoms with Gasteiger partial charge in [0.15, 0.2) is 17.6 Å². The Labute approximate surface area is 97.4 Å². The average Bonchev–Trinajstić information content (AvgIpc) is 2.29. The van der Waals surface area contributed by atoms with Gasteiger partial charge in [0, 0.05) is 0 Å². The minimum Gasteiger partial charge on any atom is -0.504 e. The summed E-state index contributed by atoms with van der Waals surface area (Å²) in [5.41, 5.74) is 0.0653. The quantitative estimate of drug-likeness (QED) is 0.753. The Morgan fingerprint density at radius 2 is 2.38 bits per heavy atom. The highest BCUT2D eigenvalue weighted by Gasteiger charge is 2.19. The first-order valence-electron chi connectivity index (χ1n) is 6.11. The van der Waals surface area contributed by atoms with Crippen LogP contribution >= 0.6 is 0 Å². The maximum absolute atomic E-state index is 11.3. The van der Waals surface area contributed by atoms with E-state index in [0.717, 1.165) is 12.1 Å². The Kier molecular flexibility index (Phi) is 2.82. The van der Waals surface area contributed by atoms with E-state index in [1.165, 1.54) is 6.07 Å². The third kappa shape index (κ3) is 2.64. The molecule has 5 nitrogen and oxygen atoms in total. The molecular weight excluding hydrogens is 212 g/mol. The van der Waals surface area contributed by atoms with Crippen LogP contribution in [0.25, 0.3) is 0 Å². The van der Waals surface area contributed by atoms with Crippen molar-refractivity contribution >= 4 is 5.97 Å². The number of phenols is 1. The fraction of sp³-hybridized carbons (Fsp3) is 0.364. The van der Waals surface area contributed by atoms with E-state index in [1.807, 2.05) is 0 Å². The summed E-state index contributed by atoms with van der Waals surface area (Å²) in [5.74, 6) is -1.62. The van der Waals surface area contributed by atoms with Gasteiger partial charge in [-0.05, 0) is 24.6 Å². The molecule has 1 atom stereocenters. The summed E-state index contributed by atoms with van der Waals surface area (Å²) in [6.07, 6.45) is -1.57. The number of aliphatic hydroxyl groups excluding tert-OH is 1. The van der Waals surface area contributed by atoms with Crippen LogP contribution in [0.1, 0.15) is 22.7 Å². The molecule has 0 heterocycles. The number of methoxy groups -OCH3 is 1. The lowest BCUT2D eigenvalue weighted by molar-refractivity contribution is -0.153. The first kappa shape index (κ1) is 8.41. The number of esters is 1. The molecule has 0 aliphatic rings. The van der Waals surface area contributed by atoms with Gasteiger partial charge < -0.3 is 19.7 Å². The molecule has 0 amide bonds. The third-order valence-electron chi connectivity index (χ3n) is 1.92. The van der Waals surface area contributed by atoms with Crippen LogP contribution in [0.2, 0.25) is 0 Å². The molecule has 0 aliphatic carbocycles. The maximum atomic E-state index is 11.3. The van der Waals surface area contributed by atoms with E-state index in [4.69, 9.17) is 4.11 Å². The number of benzene rings is 1. The fourth-order valence-corrected chi connectivity index (χ4v) is 1.14. The maximum Gasteiger partial charge on any atom is 0.339 e. The van der Waals surface area contributed by atoms with Crippen molar-refractivity contribution in [3.8, 4) is 11.5 Å². The molecule has 1 aromatic carbocycles. The number of hydrogen-bond acceptors (Lipinski definition) is 5. The zero-order valence-electron chi connectivity index (χ0n) is 11.6. The molecule has 5 heteroatoms. The number of aromatic hydroxyl groups is 1. The van der Waals surface area contributed by atoms with Gasteiger partial charge in [-0.3, -0.25) is 0 Å². The van der Waals surface area contributed by atoms with Gasteiger partial charge in [-0.1, -0.05) is 6.07 Å². The molecule has 0 spiro atoms. The van der Waals surface area contributed by atoms with Gasteiger partial charge in [0.2, 0.25) is 0 Å². The summed E-state index contributed by atoms with van der Waals surface area (Å²) < 4.78 is 30.0. The van der Waals surface area contributed by atoms with Crippen molar-refractivity contribution in [2.75, 3.05) is 13.6 Å². The zero-order chi connectivity index (χ0) is 14.6. The second-order valence-corrected chi connectivity index (χ2v) is 2.98. The number of ether oxygens (including phenoxy) is 2. The van der Waals surface area contributed by atoms with E-state index in [2.05, 4.69) is 9.47 Å². The molecule has 1 rings (SSSR count). The summed E-state index contributed by atoms with van der Waals surface area (Å²) in [5, 5.41) is 19.1. The largest absolute Gasteiger partial charge is 0.504 e. The van der Waals surface area contributed by atoms with Crippen molar-refractivity contribution in [1.82, 2.24) is 0 Å². The Morgan fingerprint density at radius 3 is 3.00 bits per heavy atom. The zero-order valence-corrected chi connectivity index (χ0v) is 8.64. The molecular formula is C11H14O5. The molecule has 0 bridgehead atoms. The van der Waals surface area contributed by atoms with Crippen LogP contribution in [-0.4, -0.2) is 29.8 Å². The van der Waals surface area contributed by atoms with E-state index in [1.54, 1.807) is 6.92 Å². The number of phenolic OH excluding ortho intramolecular Hbond substituents is 1. The molecule has 88 valence electrons. The van der Waals surface area contributed by atoms with Crippen LogP contribution in [0, 0.1) is 0 Å². The SMILES string of the molecule is [2H]C([2H])([2H])Oc1cc(C(O)C(=O)OCC)ccc1O. The fourth-order valence-electron chi connectivity index (χ4n) is 1.14. The lowest BCUT2D eigenvalue weighted by Crippen LogP contribution is -2.15. The van der Waals surface area contributed by atoms with Crippen molar-refractivity contribution in [3.05, 3.63) is 23.8 Å². The van der Waals surface area contributed by atoms with Crippen LogP contribution < -0.4 is 4.74 Å². The molecule has 1 aromatic rings. The molecule has 1 unspecified atom stereocenters. The number of hydrogen-bond donors (Lipinski definition) is 2. The molecule has 16 heavy (non-hydrogen) atoms. The summed E-state index contributed by atoms with van der Waals surface area (Å²) in [7, 11) is -2.75. The minimum absolute atomic E-state index is 0.0653. The molecule has 2 N–H and O–H groups in total. The first-order valence-corrected chi connectivity index (χ1v) is 4.61. The van der Waals surface area contributed by atoms with Gasteiger partial charge in [-0.2, -0.15) is 0 Å². The van der Waals surface area contributed by atoms with Crippen molar-refractivity contribution in [2.24, 2.45) is 0 Å². The van der Waals surface area contributed by atoms with E-state index in [9.17, 15) is 15.0 Å². The van der Waals surface area contributed by atoms with Gasteiger partial charge >= 0.3 is 5.97 Å². The number of rotatable bonds is 4. The van der Waals surface area contributed by atoms with Crippen molar-refractivity contribution < 1.29 is 28.6 Å². The number of carbonyl (C=O) groups is 1. The van der Waals surface area contributed by atoms with E-state index in [-0.39, 0.29) is 17.9 Å². The van der Waals surface area contributed by atoms with Crippen molar-refractivity contribution in [2.45, 2.75) is 13.0 Å². The lowest BCUT2D eigenvalue weighted by Gasteiger charge is -2.11. The second-order valence-electron chi connectivity index (χ2n) is 2.98. The van der Waals surface area contributed by atoms with Gasteiger partial charge in [0.1, 0.15) is 0 Å². The van der Waals surface area contributed by atoms with Gasteiger partial charge in [0.25, 0.3) is 0 Å². The smallest absolute Gasteiger partial charge is 0.339 e. The number of carbonyl (C=O) groups excluding carboxylic acids is 1. The Hall–Kier alpha value is -1.75. The predicted molar refractivity (Wildman–Crippen MR) is 56.3 cm³/mol. The van der Waals surface area contributed by atoms with Gasteiger partial charge in [-0.15, -0.1) is 0 Å². The Morgan fingerprint density at radius 1 is 1.62 bits per heavy atom. The summed E-state index contributed by atoms with van der Waals surface area (Å²) >= 11 is 0. The molecule has 0 radical (unpaired) electrons. The summed E-state index contributed by atoms with van der Waals surface area (Å²) in [6, 6.07) is 3.46. The summed E-state index contributed by atoms with van der Waals surface area (Å²) in [4.78, 5) is 11.3. The lowest BCUT2D eigenvalue weighted by atomic mass is 10.1. The van der Waals surface area contributed by atoms with Crippen LogP contribution in [-0.2, 0) is 9.53 Å². The van der Waals surface area contributed by atoms with Crippen LogP contribution in [0.4, 0.5) is 0 Å². The highest BCUT2D eigenvalue weighted by Crippen LogP contribution is 2.29.